The van der Waals surface area contributed by atoms with Gasteiger partial charge in [-0.2, -0.15) is 0 Å². The summed E-state index contributed by atoms with van der Waals surface area (Å²) < 4.78 is 0. The van der Waals surface area contributed by atoms with Gasteiger partial charge >= 0.3 is 0 Å². The predicted octanol–water partition coefficient (Wildman–Crippen LogP) is 2.04. The molecule has 0 aromatic carbocycles. The van der Waals surface area contributed by atoms with Gasteiger partial charge in [-0.05, 0) is 26.2 Å². The van der Waals surface area contributed by atoms with Crippen LogP contribution in [0.2, 0.25) is 0 Å². The van der Waals surface area contributed by atoms with E-state index < -0.39 is 0 Å². The minimum atomic E-state index is -0.166. The first-order valence-corrected chi connectivity index (χ1v) is 6.94. The Bertz CT molecular complexity index is 464. The van der Waals surface area contributed by atoms with E-state index in [1.54, 1.807) is 6.92 Å². The lowest BCUT2D eigenvalue weighted by molar-refractivity contribution is -0.114. The second-order valence-electron chi connectivity index (χ2n) is 4.47. The lowest BCUT2D eigenvalue weighted by atomic mass is 10.1. The van der Waals surface area contributed by atoms with Crippen molar-refractivity contribution in [3.05, 3.63) is 10.6 Å². The second-order valence-corrected chi connectivity index (χ2v) is 5.47. The molecule has 1 saturated heterocycles. The third-order valence-corrected chi connectivity index (χ3v) is 3.98. The molecule has 1 aliphatic rings. The molecule has 6 heteroatoms. The molecule has 0 unspecified atom stereocenters. The summed E-state index contributed by atoms with van der Waals surface area (Å²) in [6.07, 6.45) is 3.34. The van der Waals surface area contributed by atoms with E-state index in [-0.39, 0.29) is 11.8 Å². The van der Waals surface area contributed by atoms with Crippen molar-refractivity contribution in [3.8, 4) is 0 Å². The Kier molecular flexibility index (Phi) is 3.96. The summed E-state index contributed by atoms with van der Waals surface area (Å²) in [4.78, 5) is 30.0. The maximum atomic E-state index is 12.3. The zero-order chi connectivity index (χ0) is 13.1. The molecule has 1 aromatic rings. The van der Waals surface area contributed by atoms with E-state index in [0.29, 0.717) is 15.7 Å². The summed E-state index contributed by atoms with van der Waals surface area (Å²) in [7, 11) is 0. The number of carbonyl (C=O) groups excluding carboxylic acids is 2. The van der Waals surface area contributed by atoms with Crippen molar-refractivity contribution < 1.29 is 9.59 Å². The van der Waals surface area contributed by atoms with Crippen LogP contribution >= 0.6 is 11.3 Å². The topological polar surface area (TPSA) is 62.3 Å². The van der Waals surface area contributed by atoms with Crippen molar-refractivity contribution in [1.82, 2.24) is 9.88 Å². The highest BCUT2D eigenvalue weighted by atomic mass is 32.1. The van der Waals surface area contributed by atoms with Crippen LogP contribution in [0.4, 0.5) is 5.13 Å². The minimum absolute atomic E-state index is 0.0429. The Balaban J connectivity index is 2.14. The van der Waals surface area contributed by atoms with Crippen molar-refractivity contribution in [3.63, 3.8) is 0 Å². The molecule has 2 amide bonds. The van der Waals surface area contributed by atoms with Crippen molar-refractivity contribution >= 4 is 28.3 Å². The van der Waals surface area contributed by atoms with E-state index in [1.807, 2.05) is 4.90 Å². The number of carbonyl (C=O) groups is 2. The number of hydrogen-bond donors (Lipinski definition) is 1. The molecular weight excluding hydrogens is 250 g/mol. The number of nitrogens with zero attached hydrogens (tertiary/aromatic N) is 2. The van der Waals surface area contributed by atoms with E-state index in [4.69, 9.17) is 0 Å². The minimum Gasteiger partial charge on any atom is -0.338 e. The monoisotopic (exact) mass is 267 g/mol. The number of rotatable bonds is 2. The van der Waals surface area contributed by atoms with Crippen LogP contribution in [-0.2, 0) is 4.79 Å². The molecule has 2 heterocycles. The van der Waals surface area contributed by atoms with Gasteiger partial charge in [0.25, 0.3) is 5.91 Å². The summed E-state index contributed by atoms with van der Waals surface area (Å²) in [6, 6.07) is 0. The van der Waals surface area contributed by atoms with E-state index in [2.05, 4.69) is 10.3 Å². The number of amides is 2. The van der Waals surface area contributed by atoms with E-state index in [9.17, 15) is 9.59 Å². The molecular formula is C12H17N3O2S. The van der Waals surface area contributed by atoms with E-state index in [0.717, 1.165) is 25.9 Å². The first-order chi connectivity index (χ1) is 8.58. The van der Waals surface area contributed by atoms with Crippen LogP contribution in [0.15, 0.2) is 0 Å². The molecule has 1 aromatic heterocycles. The summed E-state index contributed by atoms with van der Waals surface area (Å²) in [5, 5.41) is 3.12. The van der Waals surface area contributed by atoms with E-state index in [1.165, 1.54) is 24.7 Å². The fourth-order valence-electron chi connectivity index (χ4n) is 2.04. The van der Waals surface area contributed by atoms with Crippen molar-refractivity contribution in [2.75, 3.05) is 18.4 Å². The number of likely N-dealkylation sites (tertiary alicyclic amines) is 1. The number of thiazole rings is 1. The first-order valence-electron chi connectivity index (χ1n) is 6.12. The number of aromatic nitrogens is 1. The molecule has 98 valence electrons. The Labute approximate surface area is 110 Å². The predicted molar refractivity (Wildman–Crippen MR) is 70.9 cm³/mol. The van der Waals surface area contributed by atoms with Gasteiger partial charge in [0, 0.05) is 20.0 Å². The van der Waals surface area contributed by atoms with Crippen LogP contribution in [0, 0.1) is 6.92 Å². The highest BCUT2D eigenvalue weighted by molar-refractivity contribution is 7.17. The maximum Gasteiger partial charge on any atom is 0.265 e. The largest absolute Gasteiger partial charge is 0.338 e. The van der Waals surface area contributed by atoms with Gasteiger partial charge in [-0.3, -0.25) is 9.59 Å². The van der Waals surface area contributed by atoms with Crippen molar-refractivity contribution in [2.24, 2.45) is 0 Å². The molecule has 0 spiro atoms. The molecule has 1 N–H and O–H groups in total. The van der Waals surface area contributed by atoms with Gasteiger partial charge in [-0.25, -0.2) is 4.98 Å². The van der Waals surface area contributed by atoms with Gasteiger partial charge < -0.3 is 10.2 Å². The summed E-state index contributed by atoms with van der Waals surface area (Å²) in [5.41, 5.74) is 0.694. The number of piperidine rings is 1. The van der Waals surface area contributed by atoms with Crippen LogP contribution < -0.4 is 5.32 Å². The van der Waals surface area contributed by atoms with E-state index >= 15 is 0 Å². The number of anilines is 1. The average Bonchev–Trinajstić information content (AvgIpc) is 2.69. The zero-order valence-corrected chi connectivity index (χ0v) is 11.5. The second kappa shape index (κ2) is 5.48. The summed E-state index contributed by atoms with van der Waals surface area (Å²) in [5.74, 6) is -0.123. The van der Waals surface area contributed by atoms with Crippen LogP contribution in [0.1, 0.15) is 41.6 Å². The molecule has 1 aliphatic heterocycles. The smallest absolute Gasteiger partial charge is 0.265 e. The number of hydrogen-bond acceptors (Lipinski definition) is 4. The molecule has 2 rings (SSSR count). The van der Waals surface area contributed by atoms with Gasteiger partial charge in [0.2, 0.25) is 5.91 Å². The molecule has 0 atom stereocenters. The Morgan fingerprint density at radius 2 is 1.94 bits per heavy atom. The Morgan fingerprint density at radius 3 is 2.56 bits per heavy atom. The van der Waals surface area contributed by atoms with Crippen molar-refractivity contribution in [2.45, 2.75) is 33.1 Å². The molecule has 0 saturated carbocycles. The normalized spacial score (nSPS) is 15.6. The fourth-order valence-corrected chi connectivity index (χ4v) is 3.02. The van der Waals surface area contributed by atoms with Crippen LogP contribution in [-0.4, -0.2) is 34.8 Å². The summed E-state index contributed by atoms with van der Waals surface area (Å²) in [6.45, 7) is 4.89. The molecule has 18 heavy (non-hydrogen) atoms. The highest BCUT2D eigenvalue weighted by Crippen LogP contribution is 2.25. The Hall–Kier alpha value is -1.43. The SMILES string of the molecule is CC(=O)Nc1nc(C)c(C(=O)N2CCCCC2)s1. The number of aryl methyl sites for hydroxylation is 1. The average molecular weight is 267 g/mol. The van der Waals surface area contributed by atoms with Crippen LogP contribution in [0.5, 0.6) is 0 Å². The van der Waals surface area contributed by atoms with Crippen molar-refractivity contribution in [1.29, 1.82) is 0 Å². The van der Waals surface area contributed by atoms with Gasteiger partial charge in [0.05, 0.1) is 5.69 Å². The standard InChI is InChI=1S/C12H17N3O2S/c1-8-10(18-12(13-8)14-9(2)16)11(17)15-6-4-3-5-7-15/h3-7H2,1-2H3,(H,13,14,16). The maximum absolute atomic E-state index is 12.3. The molecule has 1 fully saturated rings. The van der Waals surface area contributed by atoms with Gasteiger partial charge in [0.15, 0.2) is 5.13 Å². The van der Waals surface area contributed by atoms with Gasteiger partial charge in [0.1, 0.15) is 4.88 Å². The third kappa shape index (κ3) is 2.87. The lowest BCUT2D eigenvalue weighted by Gasteiger charge is -2.26. The first kappa shape index (κ1) is 13.0. The molecule has 0 bridgehead atoms. The highest BCUT2D eigenvalue weighted by Gasteiger charge is 2.22. The fraction of sp³-hybridized carbons (Fsp3) is 0.583. The molecule has 0 aliphatic carbocycles. The quantitative estimate of drug-likeness (QED) is 0.892. The van der Waals surface area contributed by atoms with Gasteiger partial charge in [-0.15, -0.1) is 0 Å². The zero-order valence-electron chi connectivity index (χ0n) is 10.7. The van der Waals surface area contributed by atoms with Crippen LogP contribution in [0.3, 0.4) is 0 Å². The summed E-state index contributed by atoms with van der Waals surface area (Å²) >= 11 is 1.26. The number of nitrogens with one attached hydrogen (secondary N) is 1. The van der Waals surface area contributed by atoms with Crippen LogP contribution in [0.25, 0.3) is 0 Å². The molecule has 5 nitrogen and oxygen atoms in total. The molecule has 0 radical (unpaired) electrons. The van der Waals surface area contributed by atoms with Gasteiger partial charge in [-0.1, -0.05) is 11.3 Å². The lowest BCUT2D eigenvalue weighted by Crippen LogP contribution is -2.35. The Morgan fingerprint density at radius 1 is 1.28 bits per heavy atom. The third-order valence-electron chi connectivity index (χ3n) is 2.92.